The Bertz CT molecular complexity index is 781. The average Bonchev–Trinajstić information content (AvgIpc) is 3.13. The van der Waals surface area contributed by atoms with E-state index in [9.17, 15) is 4.79 Å². The van der Waals surface area contributed by atoms with Crippen LogP contribution in [0.15, 0.2) is 36.7 Å². The van der Waals surface area contributed by atoms with Crippen LogP contribution >= 0.6 is 0 Å². The first-order chi connectivity index (χ1) is 13.2. The van der Waals surface area contributed by atoms with E-state index in [4.69, 9.17) is 18.9 Å². The monoisotopic (exact) mass is 372 g/mol. The number of carbonyl (C=O) groups excluding carboxylic acids is 1. The molecular weight excluding hydrogens is 348 g/mol. The highest BCUT2D eigenvalue weighted by Gasteiger charge is 2.31. The van der Waals surface area contributed by atoms with Gasteiger partial charge in [0.15, 0.2) is 11.5 Å². The fourth-order valence-corrected chi connectivity index (χ4v) is 3.23. The van der Waals surface area contributed by atoms with Gasteiger partial charge in [-0.05, 0) is 24.1 Å². The standard InChI is InChI=1S/C20H24N2O5/c1-24-17-10-19(26-3)18(25-2)9-15(17)20(23)22-16-12-27-11-14(16)8-13-4-6-21-7-5-13/h4-7,9-10,14,16H,8,11-12H2,1-3H3,(H,22,23)/t14-,16-/m1/s1. The van der Waals surface area contributed by atoms with Gasteiger partial charge in [0.05, 0.1) is 46.1 Å². The molecule has 1 saturated heterocycles. The van der Waals surface area contributed by atoms with Crippen LogP contribution in [0.1, 0.15) is 15.9 Å². The van der Waals surface area contributed by atoms with Gasteiger partial charge in [0.1, 0.15) is 5.75 Å². The molecule has 0 saturated carbocycles. The minimum absolute atomic E-state index is 0.0801. The number of hydrogen-bond acceptors (Lipinski definition) is 6. The molecule has 2 heterocycles. The quantitative estimate of drug-likeness (QED) is 0.802. The van der Waals surface area contributed by atoms with Gasteiger partial charge in [-0.2, -0.15) is 0 Å². The molecule has 1 N–H and O–H groups in total. The Morgan fingerprint density at radius 2 is 1.74 bits per heavy atom. The van der Waals surface area contributed by atoms with Crippen molar-refractivity contribution in [3.05, 3.63) is 47.8 Å². The first-order valence-electron chi connectivity index (χ1n) is 8.73. The summed E-state index contributed by atoms with van der Waals surface area (Å²) >= 11 is 0. The first-order valence-corrected chi connectivity index (χ1v) is 8.73. The molecule has 1 aromatic heterocycles. The lowest BCUT2D eigenvalue weighted by Crippen LogP contribution is -2.40. The van der Waals surface area contributed by atoms with Crippen LogP contribution in [0.4, 0.5) is 0 Å². The van der Waals surface area contributed by atoms with Crippen LogP contribution in [0.25, 0.3) is 0 Å². The Labute approximate surface area is 158 Å². The van der Waals surface area contributed by atoms with Crippen LogP contribution in [0, 0.1) is 5.92 Å². The average molecular weight is 372 g/mol. The van der Waals surface area contributed by atoms with Crippen molar-refractivity contribution in [3.8, 4) is 17.2 Å². The number of aromatic nitrogens is 1. The lowest BCUT2D eigenvalue weighted by atomic mass is 9.95. The SMILES string of the molecule is COc1cc(OC)c(C(=O)N[C@@H]2COC[C@H]2Cc2ccncc2)cc1OC. The summed E-state index contributed by atoms with van der Waals surface area (Å²) < 4.78 is 21.5. The van der Waals surface area contributed by atoms with E-state index in [1.165, 1.54) is 26.9 Å². The summed E-state index contributed by atoms with van der Waals surface area (Å²) in [6.45, 7) is 1.09. The minimum atomic E-state index is -0.233. The zero-order valence-electron chi connectivity index (χ0n) is 15.7. The first kappa shape index (κ1) is 19.0. The second-order valence-corrected chi connectivity index (χ2v) is 6.34. The lowest BCUT2D eigenvalue weighted by molar-refractivity contribution is 0.0921. The molecule has 0 radical (unpaired) electrons. The van der Waals surface area contributed by atoms with Crippen LogP contribution in [-0.2, 0) is 11.2 Å². The number of hydrogen-bond donors (Lipinski definition) is 1. The van der Waals surface area contributed by atoms with Crippen molar-refractivity contribution in [2.45, 2.75) is 12.5 Å². The molecule has 0 bridgehead atoms. The van der Waals surface area contributed by atoms with Crippen molar-refractivity contribution in [1.29, 1.82) is 0 Å². The van der Waals surface area contributed by atoms with Crippen molar-refractivity contribution in [3.63, 3.8) is 0 Å². The summed E-state index contributed by atoms with van der Waals surface area (Å²) in [5.74, 6) is 1.37. The number of pyridine rings is 1. The summed E-state index contributed by atoms with van der Waals surface area (Å²) in [5.41, 5.74) is 1.56. The maximum Gasteiger partial charge on any atom is 0.255 e. The van der Waals surface area contributed by atoms with Crippen LogP contribution in [0.3, 0.4) is 0 Å². The molecule has 0 unspecified atom stereocenters. The third kappa shape index (κ3) is 4.31. The number of carbonyl (C=O) groups is 1. The molecule has 7 heteroatoms. The number of nitrogens with zero attached hydrogens (tertiary/aromatic N) is 1. The van der Waals surface area contributed by atoms with Crippen molar-refractivity contribution in [1.82, 2.24) is 10.3 Å². The van der Waals surface area contributed by atoms with Gasteiger partial charge in [-0.25, -0.2) is 0 Å². The second-order valence-electron chi connectivity index (χ2n) is 6.34. The van der Waals surface area contributed by atoms with Crippen molar-refractivity contribution < 1.29 is 23.7 Å². The maximum absolute atomic E-state index is 12.9. The van der Waals surface area contributed by atoms with Gasteiger partial charge in [-0.3, -0.25) is 9.78 Å². The molecule has 27 heavy (non-hydrogen) atoms. The van der Waals surface area contributed by atoms with E-state index in [1.807, 2.05) is 12.1 Å². The van der Waals surface area contributed by atoms with Crippen molar-refractivity contribution in [2.75, 3.05) is 34.5 Å². The van der Waals surface area contributed by atoms with Crippen molar-refractivity contribution >= 4 is 5.91 Å². The highest BCUT2D eigenvalue weighted by molar-refractivity contribution is 5.98. The Morgan fingerprint density at radius 3 is 2.41 bits per heavy atom. The topological polar surface area (TPSA) is 78.9 Å². The minimum Gasteiger partial charge on any atom is -0.496 e. The third-order valence-electron chi connectivity index (χ3n) is 4.71. The zero-order valence-corrected chi connectivity index (χ0v) is 15.7. The van der Waals surface area contributed by atoms with Crippen LogP contribution in [0.2, 0.25) is 0 Å². The van der Waals surface area contributed by atoms with Gasteiger partial charge >= 0.3 is 0 Å². The molecule has 0 spiro atoms. The predicted molar refractivity (Wildman–Crippen MR) is 99.6 cm³/mol. The fraction of sp³-hybridized carbons (Fsp3) is 0.400. The Hall–Kier alpha value is -2.80. The number of benzene rings is 1. The molecule has 3 rings (SSSR count). The smallest absolute Gasteiger partial charge is 0.255 e. The Kier molecular flexibility index (Phi) is 6.13. The molecule has 1 aliphatic rings. The number of nitrogens with one attached hydrogen (secondary N) is 1. The fourth-order valence-electron chi connectivity index (χ4n) is 3.23. The van der Waals surface area contributed by atoms with Gasteiger partial charge in [0, 0.05) is 30.4 Å². The summed E-state index contributed by atoms with van der Waals surface area (Å²) in [4.78, 5) is 16.9. The molecule has 144 valence electrons. The van der Waals surface area contributed by atoms with Gasteiger partial charge in [0.25, 0.3) is 5.91 Å². The van der Waals surface area contributed by atoms with Gasteiger partial charge in [-0.1, -0.05) is 0 Å². The predicted octanol–water partition coefficient (Wildman–Crippen LogP) is 2.09. The van der Waals surface area contributed by atoms with Gasteiger partial charge in [0.2, 0.25) is 0 Å². The number of methoxy groups -OCH3 is 3. The lowest BCUT2D eigenvalue weighted by Gasteiger charge is -2.20. The van der Waals surface area contributed by atoms with E-state index < -0.39 is 0 Å². The van der Waals surface area contributed by atoms with E-state index in [0.29, 0.717) is 36.0 Å². The number of amides is 1. The molecule has 7 nitrogen and oxygen atoms in total. The molecule has 0 aliphatic carbocycles. The summed E-state index contributed by atoms with van der Waals surface area (Å²) in [6, 6.07) is 7.15. The van der Waals surface area contributed by atoms with Gasteiger partial charge < -0.3 is 24.3 Å². The summed E-state index contributed by atoms with van der Waals surface area (Å²) in [7, 11) is 4.58. The Balaban J connectivity index is 1.76. The maximum atomic E-state index is 12.9. The van der Waals surface area contributed by atoms with Crippen molar-refractivity contribution in [2.24, 2.45) is 5.92 Å². The Morgan fingerprint density at radius 1 is 1.07 bits per heavy atom. The molecular formula is C20H24N2O5. The number of ether oxygens (including phenoxy) is 4. The van der Waals surface area contributed by atoms with Gasteiger partial charge in [-0.15, -0.1) is 0 Å². The normalized spacial score (nSPS) is 18.8. The molecule has 2 aromatic rings. The van der Waals surface area contributed by atoms with E-state index in [-0.39, 0.29) is 17.9 Å². The number of rotatable bonds is 7. The van der Waals surface area contributed by atoms with Crippen LogP contribution < -0.4 is 19.5 Å². The second kappa shape index (κ2) is 8.73. The van der Waals surface area contributed by atoms with E-state index in [0.717, 1.165) is 6.42 Å². The van der Waals surface area contributed by atoms with E-state index in [1.54, 1.807) is 24.5 Å². The zero-order chi connectivity index (χ0) is 19.2. The third-order valence-corrected chi connectivity index (χ3v) is 4.71. The molecule has 1 fully saturated rings. The van der Waals surface area contributed by atoms with E-state index in [2.05, 4.69) is 10.3 Å². The molecule has 1 amide bonds. The highest BCUT2D eigenvalue weighted by atomic mass is 16.5. The van der Waals surface area contributed by atoms with Crippen LogP contribution in [0.5, 0.6) is 17.2 Å². The summed E-state index contributed by atoms with van der Waals surface area (Å²) in [5, 5.41) is 3.07. The molecule has 1 aliphatic heterocycles. The molecule has 1 aromatic carbocycles. The van der Waals surface area contributed by atoms with Crippen LogP contribution in [-0.4, -0.2) is 51.5 Å². The molecule has 2 atom stereocenters. The highest BCUT2D eigenvalue weighted by Crippen LogP contribution is 2.34. The largest absolute Gasteiger partial charge is 0.496 e. The summed E-state index contributed by atoms with van der Waals surface area (Å²) in [6.07, 6.45) is 4.36. The van der Waals surface area contributed by atoms with E-state index >= 15 is 0 Å².